The van der Waals surface area contributed by atoms with Gasteiger partial charge in [-0.3, -0.25) is 14.5 Å². The summed E-state index contributed by atoms with van der Waals surface area (Å²) in [6.45, 7) is 0.474. The average Bonchev–Trinajstić information content (AvgIpc) is 3.25. The molecule has 25 heavy (non-hydrogen) atoms. The van der Waals surface area contributed by atoms with Gasteiger partial charge in [0, 0.05) is 6.54 Å². The molecule has 0 unspecified atom stereocenters. The fourth-order valence-electron chi connectivity index (χ4n) is 3.32. The molecule has 0 aliphatic heterocycles. The van der Waals surface area contributed by atoms with Crippen molar-refractivity contribution in [2.24, 2.45) is 0 Å². The first-order valence-electron chi connectivity index (χ1n) is 8.27. The van der Waals surface area contributed by atoms with Crippen LogP contribution in [0.3, 0.4) is 0 Å². The number of hydrogen-bond acceptors (Lipinski definition) is 4. The first-order valence-corrected chi connectivity index (χ1v) is 9.03. The summed E-state index contributed by atoms with van der Waals surface area (Å²) < 4.78 is 1.83. The molecule has 0 bridgehead atoms. The molecule has 4 rings (SSSR count). The number of halogens is 2. The Labute approximate surface area is 154 Å². The van der Waals surface area contributed by atoms with Gasteiger partial charge in [-0.05, 0) is 30.5 Å². The zero-order chi connectivity index (χ0) is 17.4. The van der Waals surface area contributed by atoms with E-state index in [1.807, 2.05) is 10.7 Å². The van der Waals surface area contributed by atoms with E-state index in [0.717, 1.165) is 18.4 Å². The van der Waals surface area contributed by atoms with Gasteiger partial charge in [0.2, 0.25) is 5.95 Å². The van der Waals surface area contributed by atoms with E-state index in [0.29, 0.717) is 39.6 Å². The summed E-state index contributed by atoms with van der Waals surface area (Å²) in [5.74, 6) is 0.412. The van der Waals surface area contributed by atoms with Crippen molar-refractivity contribution in [2.75, 3.05) is 5.32 Å². The maximum absolute atomic E-state index is 12.5. The summed E-state index contributed by atoms with van der Waals surface area (Å²) in [6, 6.07) is 5.70. The predicted molar refractivity (Wildman–Crippen MR) is 99.4 cm³/mol. The van der Waals surface area contributed by atoms with Crippen LogP contribution in [0, 0.1) is 0 Å². The molecule has 1 aliphatic carbocycles. The van der Waals surface area contributed by atoms with Crippen LogP contribution >= 0.6 is 23.2 Å². The van der Waals surface area contributed by atoms with Crippen molar-refractivity contribution in [3.8, 4) is 0 Å². The molecule has 8 heteroatoms. The van der Waals surface area contributed by atoms with Crippen LogP contribution in [-0.4, -0.2) is 19.7 Å². The monoisotopic (exact) mass is 377 g/mol. The highest BCUT2D eigenvalue weighted by atomic mass is 35.5. The Balaban J connectivity index is 1.58. The minimum atomic E-state index is -0.175. The van der Waals surface area contributed by atoms with Crippen LogP contribution in [0.2, 0.25) is 10.0 Å². The topological polar surface area (TPSA) is 75.6 Å². The Morgan fingerprint density at radius 2 is 2.04 bits per heavy atom. The number of rotatable bonds is 4. The van der Waals surface area contributed by atoms with Crippen molar-refractivity contribution in [3.05, 3.63) is 50.4 Å². The lowest BCUT2D eigenvalue weighted by Crippen LogP contribution is -2.17. The summed E-state index contributed by atoms with van der Waals surface area (Å²) in [5.41, 5.74) is 1.92. The molecule has 6 nitrogen and oxygen atoms in total. The number of benzene rings is 1. The number of nitrogens with zero attached hydrogens (tertiary/aromatic N) is 3. The Hall–Kier alpha value is -2.05. The molecular weight excluding hydrogens is 361 g/mol. The fourth-order valence-corrected chi connectivity index (χ4v) is 3.64. The summed E-state index contributed by atoms with van der Waals surface area (Å²) >= 11 is 11.9. The summed E-state index contributed by atoms with van der Waals surface area (Å²) in [4.78, 5) is 19.8. The van der Waals surface area contributed by atoms with E-state index < -0.39 is 0 Å². The van der Waals surface area contributed by atoms with E-state index in [1.165, 1.54) is 12.8 Å². The summed E-state index contributed by atoms with van der Waals surface area (Å²) in [5, 5.41) is 8.51. The number of aromatic amines is 1. The van der Waals surface area contributed by atoms with Gasteiger partial charge in [-0.15, -0.1) is 0 Å². The number of fused-ring (bicyclic) bond motifs is 1. The first-order chi connectivity index (χ1) is 12.1. The highest BCUT2D eigenvalue weighted by Crippen LogP contribution is 2.30. The number of anilines is 1. The maximum atomic E-state index is 12.5. The standard InChI is InChI=1S/C17H17Cl2N5O/c18-12-6-5-10(7-13(12)19)8-20-17-22-14-9-21-24(11-3-1-2-4-11)15(14)16(25)23-17/h5-7,9,11H,1-4,8H2,(H2,20,22,23,25). The van der Waals surface area contributed by atoms with E-state index in [1.54, 1.807) is 18.3 Å². The molecule has 0 radical (unpaired) electrons. The predicted octanol–water partition coefficient (Wildman–Crippen LogP) is 4.15. The molecule has 1 aromatic carbocycles. The molecule has 2 N–H and O–H groups in total. The van der Waals surface area contributed by atoms with Crippen LogP contribution in [-0.2, 0) is 6.54 Å². The highest BCUT2D eigenvalue weighted by Gasteiger charge is 2.21. The van der Waals surface area contributed by atoms with Gasteiger partial charge in [-0.25, -0.2) is 4.98 Å². The molecule has 1 fully saturated rings. The molecule has 1 saturated carbocycles. The van der Waals surface area contributed by atoms with Gasteiger partial charge in [-0.1, -0.05) is 42.1 Å². The molecule has 0 atom stereocenters. The van der Waals surface area contributed by atoms with E-state index >= 15 is 0 Å². The van der Waals surface area contributed by atoms with Gasteiger partial charge >= 0.3 is 0 Å². The van der Waals surface area contributed by atoms with E-state index in [4.69, 9.17) is 23.2 Å². The van der Waals surface area contributed by atoms with Gasteiger partial charge in [0.15, 0.2) is 5.52 Å². The number of nitrogens with one attached hydrogen (secondary N) is 2. The van der Waals surface area contributed by atoms with Crippen LogP contribution in [0.15, 0.2) is 29.2 Å². The SMILES string of the molecule is O=c1[nH]c(NCc2ccc(Cl)c(Cl)c2)nc2cnn(C3CCCC3)c12. The van der Waals surface area contributed by atoms with E-state index in [9.17, 15) is 4.79 Å². The van der Waals surface area contributed by atoms with Crippen molar-refractivity contribution in [1.29, 1.82) is 0 Å². The second-order valence-corrected chi connectivity index (χ2v) is 7.09. The molecule has 0 saturated heterocycles. The van der Waals surface area contributed by atoms with Crippen LogP contribution in [0.5, 0.6) is 0 Å². The largest absolute Gasteiger partial charge is 0.352 e. The van der Waals surface area contributed by atoms with Crippen LogP contribution in [0.25, 0.3) is 11.0 Å². The Morgan fingerprint density at radius 1 is 1.24 bits per heavy atom. The quantitative estimate of drug-likeness (QED) is 0.715. The average molecular weight is 378 g/mol. The lowest BCUT2D eigenvalue weighted by Gasteiger charge is -2.11. The molecule has 1 aliphatic rings. The van der Waals surface area contributed by atoms with Crippen molar-refractivity contribution in [2.45, 2.75) is 38.3 Å². The van der Waals surface area contributed by atoms with Gasteiger partial charge in [0.1, 0.15) is 5.52 Å². The van der Waals surface area contributed by atoms with E-state index in [2.05, 4.69) is 20.4 Å². The van der Waals surface area contributed by atoms with Gasteiger partial charge < -0.3 is 5.32 Å². The van der Waals surface area contributed by atoms with Crippen LogP contribution in [0.1, 0.15) is 37.3 Å². The fraction of sp³-hybridized carbons (Fsp3) is 0.353. The third-order valence-electron chi connectivity index (χ3n) is 4.57. The number of aromatic nitrogens is 4. The van der Waals surface area contributed by atoms with Gasteiger partial charge in [0.05, 0.1) is 22.3 Å². The first kappa shape index (κ1) is 16.4. The molecule has 3 aromatic rings. The summed E-state index contributed by atoms with van der Waals surface area (Å²) in [7, 11) is 0. The molecular formula is C17H17Cl2N5O. The molecule has 130 valence electrons. The Bertz CT molecular complexity index is 975. The minimum Gasteiger partial charge on any atom is -0.352 e. The molecule has 0 spiro atoms. The van der Waals surface area contributed by atoms with Crippen molar-refractivity contribution in [3.63, 3.8) is 0 Å². The molecule has 2 aromatic heterocycles. The number of hydrogen-bond donors (Lipinski definition) is 2. The van der Waals surface area contributed by atoms with Crippen LogP contribution in [0.4, 0.5) is 5.95 Å². The summed E-state index contributed by atoms with van der Waals surface area (Å²) in [6.07, 6.45) is 6.15. The second-order valence-electron chi connectivity index (χ2n) is 6.28. The number of H-pyrrole nitrogens is 1. The maximum Gasteiger partial charge on any atom is 0.278 e. The van der Waals surface area contributed by atoms with Crippen molar-refractivity contribution in [1.82, 2.24) is 19.7 Å². The lowest BCUT2D eigenvalue weighted by molar-refractivity contribution is 0.480. The smallest absolute Gasteiger partial charge is 0.278 e. The zero-order valence-electron chi connectivity index (χ0n) is 13.4. The Kier molecular flexibility index (Phi) is 4.39. The lowest BCUT2D eigenvalue weighted by atomic mass is 10.2. The normalized spacial score (nSPS) is 15.1. The van der Waals surface area contributed by atoms with Gasteiger partial charge in [0.25, 0.3) is 5.56 Å². The Morgan fingerprint density at radius 3 is 2.80 bits per heavy atom. The zero-order valence-corrected chi connectivity index (χ0v) is 14.9. The highest BCUT2D eigenvalue weighted by molar-refractivity contribution is 6.42. The molecule has 0 amide bonds. The van der Waals surface area contributed by atoms with Gasteiger partial charge in [-0.2, -0.15) is 5.10 Å². The minimum absolute atomic E-state index is 0.175. The molecule has 2 heterocycles. The second kappa shape index (κ2) is 6.69. The third kappa shape index (κ3) is 3.24. The van der Waals surface area contributed by atoms with Crippen molar-refractivity contribution < 1.29 is 0 Å². The van der Waals surface area contributed by atoms with Crippen LogP contribution < -0.4 is 10.9 Å². The van der Waals surface area contributed by atoms with Crippen molar-refractivity contribution >= 4 is 40.2 Å². The van der Waals surface area contributed by atoms with E-state index in [-0.39, 0.29) is 5.56 Å². The third-order valence-corrected chi connectivity index (χ3v) is 5.31.